The molecule has 0 N–H and O–H groups in total. The molecule has 4 aromatic heterocycles. The molecule has 0 aliphatic carbocycles. The highest BCUT2D eigenvalue weighted by Gasteiger charge is 2.32. The van der Waals surface area contributed by atoms with E-state index in [0.717, 1.165) is 55.7 Å². The van der Waals surface area contributed by atoms with Crippen molar-refractivity contribution < 1.29 is 13.2 Å². The first kappa shape index (κ1) is 37.9. The number of halogens is 3. The van der Waals surface area contributed by atoms with Crippen molar-refractivity contribution in [2.24, 2.45) is 0 Å². The van der Waals surface area contributed by atoms with E-state index in [2.05, 4.69) is 40.8 Å². The predicted octanol–water partition coefficient (Wildman–Crippen LogP) is 11.9. The fourth-order valence-corrected chi connectivity index (χ4v) is 8.54. The highest BCUT2D eigenvalue weighted by atomic mass is 19.4. The second-order valence-electron chi connectivity index (χ2n) is 15.0. The summed E-state index contributed by atoms with van der Waals surface area (Å²) in [5.41, 5.74) is 5.17. The standard InChI is InChI=1S/C49H31F3N10/c1-26-55-27(2)58-47(57-26)31-14-17-36-34-10-6-8-12-40(34)61(42(36)22-31)44-20-30(25-53)21-45(46(44)38-19-16-33(49(50,51)52)24-39(38)54-5)62-41-13-9-7-11-35(41)37-18-15-32(23-43(37)62)48-59-28(3)56-29(4)60-48/h6-24H,1-4H3. The molecule has 10 nitrogen and oxygen atoms in total. The number of aromatic nitrogens is 8. The zero-order valence-corrected chi connectivity index (χ0v) is 33.6. The Morgan fingerprint density at radius 3 is 1.44 bits per heavy atom. The SMILES string of the molecule is [C-]#[N+]c1cc(C(F)(F)F)ccc1-c1c(-n2c3ccccc3c3ccc(-c4nc(C)nc(C)n4)cc32)cc(C#N)cc1-n1c2ccccc2c2ccc(-c3nc(C)nc(C)n3)cc21. The number of aryl methyl sites for hydroxylation is 4. The molecule has 0 saturated heterocycles. The maximum absolute atomic E-state index is 14.3. The second kappa shape index (κ2) is 14.2. The maximum atomic E-state index is 14.3. The van der Waals surface area contributed by atoms with Crippen molar-refractivity contribution >= 4 is 49.3 Å². The summed E-state index contributed by atoms with van der Waals surface area (Å²) in [5.74, 6) is 3.19. The minimum absolute atomic E-state index is 0.206. The van der Waals surface area contributed by atoms with Crippen LogP contribution in [0.25, 0.3) is 93.7 Å². The molecule has 0 amide bonds. The Labute approximate surface area is 352 Å². The molecule has 0 aliphatic heterocycles. The lowest BCUT2D eigenvalue weighted by Crippen LogP contribution is -2.07. The molecule has 0 saturated carbocycles. The Kier molecular flexibility index (Phi) is 8.68. The molecule has 0 fully saturated rings. The van der Waals surface area contributed by atoms with E-state index < -0.39 is 11.7 Å². The van der Waals surface area contributed by atoms with E-state index in [1.54, 1.807) is 39.8 Å². The van der Waals surface area contributed by atoms with E-state index in [1.165, 1.54) is 6.07 Å². The van der Waals surface area contributed by atoms with Crippen LogP contribution in [0.15, 0.2) is 115 Å². The van der Waals surface area contributed by atoms with Crippen LogP contribution >= 0.6 is 0 Å². The number of fused-ring (bicyclic) bond motifs is 6. The van der Waals surface area contributed by atoms with Crippen LogP contribution < -0.4 is 0 Å². The summed E-state index contributed by atoms with van der Waals surface area (Å²) >= 11 is 0. The number of benzene rings is 6. The number of alkyl halides is 3. The van der Waals surface area contributed by atoms with E-state index in [-0.39, 0.29) is 16.8 Å². The van der Waals surface area contributed by atoms with Crippen LogP contribution in [-0.4, -0.2) is 39.0 Å². The number of hydrogen-bond donors (Lipinski definition) is 0. The molecule has 0 bridgehead atoms. The van der Waals surface area contributed by atoms with Crippen molar-refractivity contribution in [3.8, 4) is 51.3 Å². The number of nitrogens with zero attached hydrogens (tertiary/aromatic N) is 10. The Morgan fingerprint density at radius 1 is 0.548 bits per heavy atom. The zero-order valence-electron chi connectivity index (χ0n) is 33.6. The molecule has 0 radical (unpaired) electrons. The van der Waals surface area contributed by atoms with Crippen LogP contribution in [0, 0.1) is 45.6 Å². The lowest BCUT2D eigenvalue weighted by molar-refractivity contribution is -0.137. The third kappa shape index (κ3) is 6.18. The summed E-state index contributed by atoms with van der Waals surface area (Å²) in [5, 5.41) is 14.4. The van der Waals surface area contributed by atoms with Gasteiger partial charge in [-0.15, -0.1) is 0 Å². The van der Waals surface area contributed by atoms with Crippen molar-refractivity contribution in [2.45, 2.75) is 33.9 Å². The molecule has 62 heavy (non-hydrogen) atoms. The molecule has 298 valence electrons. The smallest absolute Gasteiger partial charge is 0.309 e. The van der Waals surface area contributed by atoms with Gasteiger partial charge >= 0.3 is 6.18 Å². The van der Waals surface area contributed by atoms with Crippen LogP contribution in [0.1, 0.15) is 34.4 Å². The van der Waals surface area contributed by atoms with Crippen LogP contribution in [0.5, 0.6) is 0 Å². The third-order valence-corrected chi connectivity index (χ3v) is 11.0. The molecule has 0 unspecified atom stereocenters. The summed E-state index contributed by atoms with van der Waals surface area (Å²) in [7, 11) is 0. The normalized spacial score (nSPS) is 11.8. The van der Waals surface area contributed by atoms with Gasteiger partial charge in [0.15, 0.2) is 17.3 Å². The Hall–Kier alpha value is -8.29. The minimum atomic E-state index is -4.70. The summed E-state index contributed by atoms with van der Waals surface area (Å²) in [6.45, 7) is 15.5. The second-order valence-corrected chi connectivity index (χ2v) is 15.0. The van der Waals surface area contributed by atoms with E-state index in [4.69, 9.17) is 6.57 Å². The van der Waals surface area contributed by atoms with Gasteiger partial charge in [-0.05, 0) is 75.7 Å². The van der Waals surface area contributed by atoms with Crippen molar-refractivity contribution in [2.75, 3.05) is 0 Å². The van der Waals surface area contributed by atoms with Gasteiger partial charge in [0.2, 0.25) is 0 Å². The molecular formula is C49H31F3N10. The molecule has 10 rings (SSSR count). The maximum Gasteiger partial charge on any atom is 0.415 e. The minimum Gasteiger partial charge on any atom is -0.309 e. The summed E-state index contributed by atoms with van der Waals surface area (Å²) in [6, 6.07) is 36.5. The van der Waals surface area contributed by atoms with Gasteiger partial charge in [0.05, 0.1) is 51.6 Å². The van der Waals surface area contributed by atoms with Gasteiger partial charge in [0.25, 0.3) is 0 Å². The predicted molar refractivity (Wildman–Crippen MR) is 233 cm³/mol. The number of para-hydroxylation sites is 2. The Bertz CT molecular complexity index is 3370. The molecular weight excluding hydrogens is 786 g/mol. The van der Waals surface area contributed by atoms with Gasteiger partial charge in [-0.3, -0.25) is 0 Å². The van der Waals surface area contributed by atoms with E-state index in [1.807, 2.05) is 94.1 Å². The molecule has 4 heterocycles. The highest BCUT2D eigenvalue weighted by molar-refractivity contribution is 6.13. The molecule has 0 spiro atoms. The van der Waals surface area contributed by atoms with Crippen molar-refractivity contribution in [3.63, 3.8) is 0 Å². The Morgan fingerprint density at radius 2 is 1.00 bits per heavy atom. The summed E-state index contributed by atoms with van der Waals surface area (Å²) < 4.78 is 47.0. The Balaban J connectivity index is 1.38. The molecule has 0 aliphatic rings. The van der Waals surface area contributed by atoms with Crippen LogP contribution in [0.4, 0.5) is 18.9 Å². The van der Waals surface area contributed by atoms with E-state index in [9.17, 15) is 18.4 Å². The number of nitriles is 1. The van der Waals surface area contributed by atoms with Crippen LogP contribution in [0.3, 0.4) is 0 Å². The zero-order chi connectivity index (χ0) is 43.0. The van der Waals surface area contributed by atoms with E-state index >= 15 is 0 Å². The van der Waals surface area contributed by atoms with Gasteiger partial charge in [0.1, 0.15) is 23.3 Å². The first-order valence-electron chi connectivity index (χ1n) is 19.5. The molecule has 10 aromatic rings. The molecule has 13 heteroatoms. The van der Waals surface area contributed by atoms with Gasteiger partial charge in [-0.2, -0.15) is 18.4 Å². The summed E-state index contributed by atoms with van der Waals surface area (Å²) in [4.78, 5) is 31.0. The topological polar surface area (TPSA) is 115 Å². The van der Waals surface area contributed by atoms with Crippen LogP contribution in [-0.2, 0) is 6.18 Å². The third-order valence-electron chi connectivity index (χ3n) is 11.0. The lowest BCUT2D eigenvalue weighted by Gasteiger charge is -2.22. The van der Waals surface area contributed by atoms with Gasteiger partial charge < -0.3 is 9.13 Å². The largest absolute Gasteiger partial charge is 0.415 e. The average Bonchev–Trinajstić information content (AvgIpc) is 3.76. The number of hydrogen-bond acceptors (Lipinski definition) is 7. The van der Waals surface area contributed by atoms with Gasteiger partial charge in [-0.1, -0.05) is 72.8 Å². The highest BCUT2D eigenvalue weighted by Crippen LogP contribution is 2.47. The first-order valence-corrected chi connectivity index (χ1v) is 19.5. The lowest BCUT2D eigenvalue weighted by atomic mass is 9.95. The average molecular weight is 817 g/mol. The molecule has 0 atom stereocenters. The fraction of sp³-hybridized carbons (Fsp3) is 0.102. The number of rotatable bonds is 5. The van der Waals surface area contributed by atoms with Crippen molar-refractivity contribution in [3.05, 3.63) is 161 Å². The van der Waals surface area contributed by atoms with Gasteiger partial charge in [0, 0.05) is 43.8 Å². The van der Waals surface area contributed by atoms with Gasteiger partial charge in [-0.25, -0.2) is 34.7 Å². The monoisotopic (exact) mass is 816 g/mol. The quantitative estimate of drug-likeness (QED) is 0.159. The van der Waals surface area contributed by atoms with Crippen molar-refractivity contribution in [1.29, 1.82) is 5.26 Å². The summed E-state index contributed by atoms with van der Waals surface area (Å²) in [6.07, 6.45) is -4.70. The fourth-order valence-electron chi connectivity index (χ4n) is 8.54. The van der Waals surface area contributed by atoms with E-state index in [0.29, 0.717) is 63.0 Å². The molecule has 6 aromatic carbocycles. The first-order chi connectivity index (χ1) is 29.9. The van der Waals surface area contributed by atoms with Crippen LogP contribution in [0.2, 0.25) is 0 Å². The van der Waals surface area contributed by atoms with Crippen molar-refractivity contribution in [1.82, 2.24) is 39.0 Å².